The minimum absolute atomic E-state index is 0.103. The molecule has 31 heavy (non-hydrogen) atoms. The van der Waals surface area contributed by atoms with Gasteiger partial charge in [0.1, 0.15) is 0 Å². The van der Waals surface area contributed by atoms with E-state index in [1.165, 1.54) is 12.1 Å². The van der Waals surface area contributed by atoms with Gasteiger partial charge in [0, 0.05) is 25.2 Å². The number of carbonyl (C=O) groups excluding carboxylic acids is 1. The van der Waals surface area contributed by atoms with Crippen LogP contribution in [0.15, 0.2) is 60.7 Å². The summed E-state index contributed by atoms with van der Waals surface area (Å²) in [7, 11) is 0. The highest BCUT2D eigenvalue weighted by Crippen LogP contribution is 2.33. The molecule has 0 atom stereocenters. The van der Waals surface area contributed by atoms with Crippen molar-refractivity contribution in [3.8, 4) is 11.1 Å². The van der Waals surface area contributed by atoms with Gasteiger partial charge in [-0.3, -0.25) is 4.79 Å². The van der Waals surface area contributed by atoms with Gasteiger partial charge in [-0.05, 0) is 65.0 Å². The summed E-state index contributed by atoms with van der Waals surface area (Å²) in [5, 5.41) is 4.77. The number of likely N-dealkylation sites (tertiary alicyclic amines) is 1. The number of nitrogens with one attached hydrogen (secondary N) is 1. The van der Waals surface area contributed by atoms with Crippen molar-refractivity contribution in [3.05, 3.63) is 71.8 Å². The molecule has 4 rings (SSSR count). The molecule has 1 heterocycles. The lowest BCUT2D eigenvalue weighted by Crippen LogP contribution is -2.47. The van der Waals surface area contributed by atoms with Gasteiger partial charge in [-0.1, -0.05) is 43.3 Å². The van der Waals surface area contributed by atoms with Gasteiger partial charge in [0.2, 0.25) is 0 Å². The molecule has 1 N–H and O–H groups in total. The second-order valence-electron chi connectivity index (χ2n) is 8.08. The van der Waals surface area contributed by atoms with Gasteiger partial charge in [0.25, 0.3) is 5.91 Å². The summed E-state index contributed by atoms with van der Waals surface area (Å²) >= 11 is 0. The van der Waals surface area contributed by atoms with Crippen LogP contribution in [0.1, 0.15) is 29.3 Å². The molecule has 3 aromatic carbocycles. The average Bonchev–Trinajstić information content (AvgIpc) is 2.73. The van der Waals surface area contributed by atoms with Crippen LogP contribution in [-0.4, -0.2) is 37.0 Å². The summed E-state index contributed by atoms with van der Waals surface area (Å²) in [4.78, 5) is 14.9. The first kappa shape index (κ1) is 21.4. The van der Waals surface area contributed by atoms with Crippen molar-refractivity contribution in [1.29, 1.82) is 0 Å². The molecule has 0 aliphatic carbocycles. The van der Waals surface area contributed by atoms with Gasteiger partial charge in [-0.2, -0.15) is 13.2 Å². The lowest BCUT2D eigenvalue weighted by Gasteiger charge is -2.38. The number of hydrogen-bond donors (Lipinski definition) is 1. The van der Waals surface area contributed by atoms with E-state index >= 15 is 0 Å². The molecular weight excluding hydrogens is 401 g/mol. The number of amides is 1. The number of alkyl halides is 3. The quantitative estimate of drug-likeness (QED) is 0.557. The van der Waals surface area contributed by atoms with Gasteiger partial charge < -0.3 is 10.2 Å². The summed E-state index contributed by atoms with van der Waals surface area (Å²) in [6.45, 7) is 6.10. The summed E-state index contributed by atoms with van der Waals surface area (Å²) in [6.07, 6.45) is -3.37. The zero-order valence-electron chi connectivity index (χ0n) is 17.4. The van der Waals surface area contributed by atoms with Gasteiger partial charge >= 0.3 is 6.18 Å². The number of nitrogens with zero attached hydrogens (tertiary/aromatic N) is 1. The van der Waals surface area contributed by atoms with E-state index in [1.807, 2.05) is 30.3 Å². The third-order valence-electron chi connectivity index (χ3n) is 5.98. The van der Waals surface area contributed by atoms with Crippen LogP contribution in [0.5, 0.6) is 0 Å². The van der Waals surface area contributed by atoms with Gasteiger partial charge in [-0.15, -0.1) is 0 Å². The Labute approximate surface area is 179 Å². The molecule has 1 aliphatic heterocycles. The largest absolute Gasteiger partial charge is 0.416 e. The number of hydrogen-bond acceptors (Lipinski definition) is 2. The standard InChI is InChI=1S/C25H25F3N2O/c1-2-30-15-17(16-30)12-13-29-24(31)20-8-11-23-19(14-20)4-3-5-22(23)18-6-9-21(10-7-18)25(26,27)28/h3-11,14,17H,2,12-13,15-16H2,1H3,(H,29,31). The van der Waals surface area contributed by atoms with E-state index in [0.29, 0.717) is 23.6 Å². The maximum Gasteiger partial charge on any atom is 0.416 e. The molecule has 3 aromatic rings. The first-order chi connectivity index (χ1) is 14.8. The molecule has 3 nitrogen and oxygen atoms in total. The fraction of sp³-hybridized carbons (Fsp3) is 0.320. The van der Waals surface area contributed by atoms with E-state index in [-0.39, 0.29) is 5.91 Å². The Bertz CT molecular complexity index is 1070. The van der Waals surface area contributed by atoms with Gasteiger partial charge in [0.15, 0.2) is 0 Å². The zero-order valence-corrected chi connectivity index (χ0v) is 17.4. The van der Waals surface area contributed by atoms with Crippen molar-refractivity contribution >= 4 is 16.7 Å². The van der Waals surface area contributed by atoms with E-state index in [1.54, 1.807) is 6.07 Å². The minimum Gasteiger partial charge on any atom is -0.352 e. The highest BCUT2D eigenvalue weighted by Gasteiger charge is 2.30. The second kappa shape index (κ2) is 8.71. The molecule has 0 spiro atoms. The van der Waals surface area contributed by atoms with Crippen LogP contribution in [0.2, 0.25) is 0 Å². The SMILES string of the molecule is CCN1CC(CCNC(=O)c2ccc3c(-c4ccc(C(F)(F)F)cc4)cccc3c2)C1. The Kier molecular flexibility index (Phi) is 6.01. The molecule has 1 amide bonds. The lowest BCUT2D eigenvalue weighted by atomic mass is 9.95. The lowest BCUT2D eigenvalue weighted by molar-refractivity contribution is -0.137. The molecular formula is C25H25F3N2O. The summed E-state index contributed by atoms with van der Waals surface area (Å²) in [5.41, 5.74) is 1.46. The summed E-state index contributed by atoms with van der Waals surface area (Å²) in [5.74, 6) is 0.552. The van der Waals surface area contributed by atoms with Crippen LogP contribution in [0, 0.1) is 5.92 Å². The van der Waals surface area contributed by atoms with E-state index < -0.39 is 11.7 Å². The first-order valence-corrected chi connectivity index (χ1v) is 10.6. The number of benzene rings is 3. The zero-order chi connectivity index (χ0) is 22.0. The smallest absolute Gasteiger partial charge is 0.352 e. The molecule has 0 aromatic heterocycles. The molecule has 0 saturated carbocycles. The summed E-state index contributed by atoms with van der Waals surface area (Å²) in [6, 6.07) is 16.3. The third-order valence-corrected chi connectivity index (χ3v) is 5.98. The minimum atomic E-state index is -4.35. The Morgan fingerprint density at radius 3 is 2.48 bits per heavy atom. The van der Waals surface area contributed by atoms with Gasteiger partial charge in [0.05, 0.1) is 5.56 Å². The highest BCUT2D eigenvalue weighted by molar-refractivity contribution is 6.02. The molecule has 0 radical (unpaired) electrons. The molecule has 1 fully saturated rings. The molecule has 162 valence electrons. The Hall–Kier alpha value is -2.86. The van der Waals surface area contributed by atoms with Crippen LogP contribution in [0.4, 0.5) is 13.2 Å². The van der Waals surface area contributed by atoms with Gasteiger partial charge in [-0.25, -0.2) is 0 Å². The fourth-order valence-corrected chi connectivity index (χ4v) is 4.12. The fourth-order valence-electron chi connectivity index (χ4n) is 4.12. The Morgan fingerprint density at radius 2 is 1.81 bits per heavy atom. The predicted molar refractivity (Wildman–Crippen MR) is 117 cm³/mol. The van der Waals surface area contributed by atoms with Crippen molar-refractivity contribution in [3.63, 3.8) is 0 Å². The van der Waals surface area contributed by atoms with Crippen LogP contribution in [0.3, 0.4) is 0 Å². The molecule has 0 bridgehead atoms. The van der Waals surface area contributed by atoms with E-state index in [2.05, 4.69) is 17.1 Å². The predicted octanol–water partition coefficient (Wildman–Crippen LogP) is 5.60. The van der Waals surface area contributed by atoms with Crippen molar-refractivity contribution in [2.24, 2.45) is 5.92 Å². The van der Waals surface area contributed by atoms with Crippen LogP contribution >= 0.6 is 0 Å². The average molecular weight is 426 g/mol. The molecule has 6 heteroatoms. The summed E-state index contributed by atoms with van der Waals surface area (Å²) < 4.78 is 38.5. The monoisotopic (exact) mass is 426 g/mol. The van der Waals surface area contributed by atoms with Crippen molar-refractivity contribution in [2.75, 3.05) is 26.2 Å². The Balaban J connectivity index is 1.47. The van der Waals surface area contributed by atoms with Crippen LogP contribution in [0.25, 0.3) is 21.9 Å². The van der Waals surface area contributed by atoms with Crippen molar-refractivity contribution < 1.29 is 18.0 Å². The molecule has 1 saturated heterocycles. The normalized spacial score (nSPS) is 15.1. The van der Waals surface area contributed by atoms with Crippen molar-refractivity contribution in [1.82, 2.24) is 10.2 Å². The van der Waals surface area contributed by atoms with Crippen molar-refractivity contribution in [2.45, 2.75) is 19.5 Å². The maximum atomic E-state index is 12.8. The van der Waals surface area contributed by atoms with E-state index in [0.717, 1.165) is 54.5 Å². The van der Waals surface area contributed by atoms with E-state index in [9.17, 15) is 18.0 Å². The molecule has 1 aliphatic rings. The maximum absolute atomic E-state index is 12.8. The van der Waals surface area contributed by atoms with Crippen LogP contribution < -0.4 is 5.32 Å². The Morgan fingerprint density at radius 1 is 1.06 bits per heavy atom. The second-order valence-corrected chi connectivity index (χ2v) is 8.08. The highest BCUT2D eigenvalue weighted by atomic mass is 19.4. The first-order valence-electron chi connectivity index (χ1n) is 10.6. The third kappa shape index (κ3) is 4.74. The number of rotatable bonds is 6. The topological polar surface area (TPSA) is 32.3 Å². The number of halogens is 3. The number of fused-ring (bicyclic) bond motifs is 1. The molecule has 0 unspecified atom stereocenters. The number of carbonyl (C=O) groups is 1. The van der Waals surface area contributed by atoms with E-state index in [4.69, 9.17) is 0 Å². The van der Waals surface area contributed by atoms with Crippen LogP contribution in [-0.2, 0) is 6.18 Å².